The molecule has 2 heteroatoms. The van der Waals surface area contributed by atoms with Gasteiger partial charge in [-0.15, -0.1) is 0 Å². The summed E-state index contributed by atoms with van der Waals surface area (Å²) in [5.74, 6) is 0.993. The number of hydrazine groups is 1. The summed E-state index contributed by atoms with van der Waals surface area (Å²) >= 11 is 0. The van der Waals surface area contributed by atoms with E-state index in [-0.39, 0.29) is 0 Å². The van der Waals surface area contributed by atoms with Crippen molar-refractivity contribution in [1.29, 1.82) is 0 Å². The lowest BCUT2D eigenvalue weighted by molar-refractivity contribution is 0.192. The molecule has 0 amide bonds. The second kappa shape index (κ2) is 3.55. The first kappa shape index (κ1) is 7.56. The van der Waals surface area contributed by atoms with Crippen LogP contribution in [0.5, 0.6) is 0 Å². The van der Waals surface area contributed by atoms with Gasteiger partial charge in [0.25, 0.3) is 0 Å². The molecule has 0 aliphatic carbocycles. The van der Waals surface area contributed by atoms with Gasteiger partial charge in [0.1, 0.15) is 0 Å². The molecule has 2 heterocycles. The summed E-state index contributed by atoms with van der Waals surface area (Å²) in [6.07, 6.45) is 7.13. The van der Waals surface area contributed by atoms with E-state index in [1.165, 1.54) is 51.7 Å². The molecule has 0 aromatic rings. The van der Waals surface area contributed by atoms with Gasteiger partial charge >= 0.3 is 0 Å². The Morgan fingerprint density at radius 3 is 3.00 bits per heavy atom. The van der Waals surface area contributed by atoms with Crippen LogP contribution in [0.25, 0.3) is 0 Å². The minimum Gasteiger partial charge on any atom is -0.255 e. The van der Waals surface area contributed by atoms with Crippen molar-refractivity contribution in [3.05, 3.63) is 0 Å². The van der Waals surface area contributed by atoms with Gasteiger partial charge in [-0.05, 0) is 31.6 Å². The van der Waals surface area contributed by atoms with Crippen LogP contribution in [-0.2, 0) is 0 Å². The van der Waals surface area contributed by atoms with Crippen molar-refractivity contribution >= 4 is 0 Å². The van der Waals surface area contributed by atoms with Gasteiger partial charge in [-0.25, -0.2) is 5.01 Å². The van der Waals surface area contributed by atoms with Crippen molar-refractivity contribution in [1.82, 2.24) is 10.4 Å². The zero-order chi connectivity index (χ0) is 7.52. The predicted octanol–water partition coefficient (Wildman–Crippen LogP) is 1.39. The number of fused-ring (bicyclic) bond motifs is 2. The van der Waals surface area contributed by atoms with Gasteiger partial charge < -0.3 is 0 Å². The van der Waals surface area contributed by atoms with Crippen molar-refractivity contribution in [2.75, 3.05) is 19.6 Å². The Bertz CT molecular complexity index is 98.7. The Morgan fingerprint density at radius 1 is 1.09 bits per heavy atom. The molecule has 2 atom stereocenters. The lowest BCUT2D eigenvalue weighted by Crippen LogP contribution is -2.38. The monoisotopic (exact) mass is 154 g/mol. The van der Waals surface area contributed by atoms with E-state index in [4.69, 9.17) is 0 Å². The largest absolute Gasteiger partial charge is 0.255 e. The van der Waals surface area contributed by atoms with E-state index in [1.807, 2.05) is 0 Å². The molecule has 2 fully saturated rings. The maximum atomic E-state index is 3.49. The number of rotatable bonds is 0. The Balaban J connectivity index is 1.96. The first-order valence-electron chi connectivity index (χ1n) is 4.93. The molecule has 2 aliphatic heterocycles. The summed E-state index contributed by atoms with van der Waals surface area (Å²) in [7, 11) is 0. The second-order valence-electron chi connectivity index (χ2n) is 3.86. The molecule has 0 radical (unpaired) electrons. The molecule has 11 heavy (non-hydrogen) atoms. The number of hydrogen-bond donors (Lipinski definition) is 1. The standard InChI is InChI=1S/C9H18N2/c1-2-7-11-8-9(4-1)5-3-6-10-11/h9-10H,1-8H2. The van der Waals surface area contributed by atoms with Crippen molar-refractivity contribution in [3.8, 4) is 0 Å². The third-order valence-electron chi connectivity index (χ3n) is 2.89. The number of hydrogen-bond acceptors (Lipinski definition) is 2. The van der Waals surface area contributed by atoms with E-state index < -0.39 is 0 Å². The smallest absolute Gasteiger partial charge is 0.0159 e. The molecule has 2 rings (SSSR count). The molecule has 2 unspecified atom stereocenters. The minimum atomic E-state index is 0.993. The van der Waals surface area contributed by atoms with E-state index in [9.17, 15) is 0 Å². The summed E-state index contributed by atoms with van der Waals surface area (Å²) in [6, 6.07) is 0. The van der Waals surface area contributed by atoms with E-state index in [0.717, 1.165) is 5.92 Å². The fourth-order valence-electron chi connectivity index (χ4n) is 2.24. The second-order valence-corrected chi connectivity index (χ2v) is 3.86. The highest BCUT2D eigenvalue weighted by Crippen LogP contribution is 2.21. The van der Waals surface area contributed by atoms with Crippen LogP contribution in [0.3, 0.4) is 0 Å². The summed E-state index contributed by atoms with van der Waals surface area (Å²) in [4.78, 5) is 0. The molecule has 0 spiro atoms. The van der Waals surface area contributed by atoms with Gasteiger partial charge in [0.15, 0.2) is 0 Å². The maximum absolute atomic E-state index is 3.49. The third kappa shape index (κ3) is 1.94. The molecule has 1 N–H and O–H groups in total. The predicted molar refractivity (Wildman–Crippen MR) is 46.2 cm³/mol. The Morgan fingerprint density at radius 2 is 2.00 bits per heavy atom. The highest BCUT2D eigenvalue weighted by atomic mass is 15.5. The zero-order valence-electron chi connectivity index (χ0n) is 7.18. The summed E-state index contributed by atoms with van der Waals surface area (Å²) in [6.45, 7) is 3.78. The fourth-order valence-corrected chi connectivity index (χ4v) is 2.24. The topological polar surface area (TPSA) is 15.3 Å². The first-order chi connectivity index (χ1) is 5.45. The average Bonchev–Trinajstić information content (AvgIpc) is 2.36. The minimum absolute atomic E-state index is 0.993. The highest BCUT2D eigenvalue weighted by molar-refractivity contribution is 4.72. The molecule has 64 valence electrons. The lowest BCUT2D eigenvalue weighted by Gasteiger charge is -2.20. The quantitative estimate of drug-likeness (QED) is 0.567. The van der Waals surface area contributed by atoms with Gasteiger partial charge in [-0.2, -0.15) is 0 Å². The molecule has 0 aromatic carbocycles. The van der Waals surface area contributed by atoms with Crippen LogP contribution < -0.4 is 5.43 Å². The average molecular weight is 154 g/mol. The molecule has 0 aromatic heterocycles. The third-order valence-corrected chi connectivity index (χ3v) is 2.89. The van der Waals surface area contributed by atoms with Crippen LogP contribution in [0.2, 0.25) is 0 Å². The molecular formula is C9H18N2. The first-order valence-corrected chi connectivity index (χ1v) is 4.93. The normalized spacial score (nSPS) is 39.3. The Kier molecular flexibility index (Phi) is 2.44. The van der Waals surface area contributed by atoms with Crippen LogP contribution in [0.1, 0.15) is 32.1 Å². The van der Waals surface area contributed by atoms with Crippen LogP contribution in [0.4, 0.5) is 0 Å². The molecule has 2 nitrogen and oxygen atoms in total. The van der Waals surface area contributed by atoms with E-state index in [0.29, 0.717) is 0 Å². The van der Waals surface area contributed by atoms with E-state index in [1.54, 1.807) is 0 Å². The van der Waals surface area contributed by atoms with Gasteiger partial charge in [0.05, 0.1) is 0 Å². The summed E-state index contributed by atoms with van der Waals surface area (Å²) < 4.78 is 0. The van der Waals surface area contributed by atoms with E-state index >= 15 is 0 Å². The molecule has 0 saturated carbocycles. The van der Waals surface area contributed by atoms with Crippen LogP contribution in [0, 0.1) is 5.92 Å². The van der Waals surface area contributed by atoms with Crippen molar-refractivity contribution in [2.45, 2.75) is 32.1 Å². The summed E-state index contributed by atoms with van der Waals surface area (Å²) in [5, 5.41) is 2.44. The van der Waals surface area contributed by atoms with Crippen LogP contribution >= 0.6 is 0 Å². The van der Waals surface area contributed by atoms with Crippen LogP contribution in [0.15, 0.2) is 0 Å². The summed E-state index contributed by atoms with van der Waals surface area (Å²) in [5.41, 5.74) is 3.49. The zero-order valence-corrected chi connectivity index (χ0v) is 7.18. The molecule has 2 aliphatic rings. The number of nitrogens with one attached hydrogen (secondary N) is 1. The Labute approximate surface area is 68.9 Å². The van der Waals surface area contributed by atoms with Gasteiger partial charge in [-0.1, -0.05) is 6.42 Å². The van der Waals surface area contributed by atoms with Gasteiger partial charge in [-0.3, -0.25) is 5.43 Å². The SMILES string of the molecule is C1CCN2CC(C1)CCCN2. The molecule has 2 saturated heterocycles. The highest BCUT2D eigenvalue weighted by Gasteiger charge is 2.19. The lowest BCUT2D eigenvalue weighted by atomic mass is 9.98. The molecule has 2 bridgehead atoms. The van der Waals surface area contributed by atoms with Crippen molar-refractivity contribution < 1.29 is 0 Å². The van der Waals surface area contributed by atoms with Gasteiger partial charge in [0, 0.05) is 19.6 Å². The molecular weight excluding hydrogens is 136 g/mol. The van der Waals surface area contributed by atoms with Crippen molar-refractivity contribution in [2.24, 2.45) is 5.92 Å². The van der Waals surface area contributed by atoms with Gasteiger partial charge in [0.2, 0.25) is 0 Å². The Hall–Kier alpha value is -0.0800. The fraction of sp³-hybridized carbons (Fsp3) is 1.00. The van der Waals surface area contributed by atoms with Crippen LogP contribution in [-0.4, -0.2) is 24.6 Å². The van der Waals surface area contributed by atoms with Crippen molar-refractivity contribution in [3.63, 3.8) is 0 Å². The van der Waals surface area contributed by atoms with E-state index in [2.05, 4.69) is 10.4 Å². The number of nitrogens with zero attached hydrogens (tertiary/aromatic N) is 1. The maximum Gasteiger partial charge on any atom is 0.0159 e.